The number of ether oxygens (including phenoxy) is 1. The third-order valence-corrected chi connectivity index (χ3v) is 4.25. The molecule has 2 aromatic carbocycles. The SMILES string of the molecule is O=C1CNC(=O)[C@@H](C(COCc2ccccc2)c2cc(F)cc(F)c2F)N1. The van der Waals surface area contributed by atoms with E-state index in [4.69, 9.17) is 4.74 Å². The minimum atomic E-state index is -1.37. The molecule has 0 radical (unpaired) electrons. The molecule has 1 fully saturated rings. The highest BCUT2D eigenvalue weighted by Gasteiger charge is 2.36. The summed E-state index contributed by atoms with van der Waals surface area (Å²) < 4.78 is 47.2. The Kier molecular flexibility index (Phi) is 5.75. The van der Waals surface area contributed by atoms with Crippen LogP contribution in [0, 0.1) is 17.5 Å². The van der Waals surface area contributed by atoms with Crippen LogP contribution in [0.2, 0.25) is 0 Å². The molecule has 1 saturated heterocycles. The molecule has 1 aliphatic heterocycles. The molecule has 1 aliphatic rings. The predicted molar refractivity (Wildman–Crippen MR) is 90.1 cm³/mol. The molecule has 2 amide bonds. The fourth-order valence-corrected chi connectivity index (χ4v) is 2.94. The quantitative estimate of drug-likeness (QED) is 0.756. The average Bonchev–Trinajstić information content (AvgIpc) is 2.65. The summed E-state index contributed by atoms with van der Waals surface area (Å²) in [6, 6.07) is 9.10. The fraction of sp³-hybridized carbons (Fsp3) is 0.263. The molecule has 2 atom stereocenters. The van der Waals surface area contributed by atoms with Gasteiger partial charge in [0.1, 0.15) is 11.9 Å². The lowest BCUT2D eigenvalue weighted by Crippen LogP contribution is -2.59. The maximum absolute atomic E-state index is 14.3. The van der Waals surface area contributed by atoms with Gasteiger partial charge in [0.15, 0.2) is 11.6 Å². The lowest BCUT2D eigenvalue weighted by atomic mass is 9.89. The van der Waals surface area contributed by atoms with Crippen molar-refractivity contribution in [2.24, 2.45) is 0 Å². The zero-order chi connectivity index (χ0) is 19.4. The number of hydrogen-bond acceptors (Lipinski definition) is 3. The summed E-state index contributed by atoms with van der Waals surface area (Å²) in [7, 11) is 0. The van der Waals surface area contributed by atoms with Crippen LogP contribution >= 0.6 is 0 Å². The van der Waals surface area contributed by atoms with Crippen molar-refractivity contribution in [3.63, 3.8) is 0 Å². The van der Waals surface area contributed by atoms with Crippen molar-refractivity contribution in [2.75, 3.05) is 13.2 Å². The van der Waals surface area contributed by atoms with Gasteiger partial charge in [-0.05, 0) is 11.6 Å². The Hall–Kier alpha value is -2.87. The summed E-state index contributed by atoms with van der Waals surface area (Å²) in [5.74, 6) is -5.81. The number of carbonyl (C=O) groups excluding carboxylic acids is 2. The Morgan fingerprint density at radius 2 is 1.85 bits per heavy atom. The Bertz CT molecular complexity index is 846. The normalized spacial score (nSPS) is 18.0. The lowest BCUT2D eigenvalue weighted by Gasteiger charge is -2.30. The monoisotopic (exact) mass is 378 g/mol. The van der Waals surface area contributed by atoms with Crippen LogP contribution in [0.3, 0.4) is 0 Å². The first-order chi connectivity index (χ1) is 13.0. The molecule has 5 nitrogen and oxygen atoms in total. The van der Waals surface area contributed by atoms with Crippen molar-refractivity contribution < 1.29 is 27.5 Å². The van der Waals surface area contributed by atoms with Crippen LogP contribution in [-0.4, -0.2) is 31.0 Å². The van der Waals surface area contributed by atoms with Gasteiger partial charge in [-0.3, -0.25) is 9.59 Å². The van der Waals surface area contributed by atoms with Gasteiger partial charge in [-0.25, -0.2) is 13.2 Å². The van der Waals surface area contributed by atoms with Gasteiger partial charge in [0, 0.05) is 17.5 Å². The molecular weight excluding hydrogens is 361 g/mol. The summed E-state index contributed by atoms with van der Waals surface area (Å²) in [6.07, 6.45) is 0. The number of benzene rings is 2. The van der Waals surface area contributed by atoms with E-state index in [1.807, 2.05) is 30.3 Å². The minimum Gasteiger partial charge on any atom is -0.376 e. The van der Waals surface area contributed by atoms with Crippen molar-refractivity contribution in [3.05, 3.63) is 71.0 Å². The molecule has 1 unspecified atom stereocenters. The van der Waals surface area contributed by atoms with E-state index in [0.717, 1.165) is 11.6 Å². The maximum atomic E-state index is 14.3. The first-order valence-electron chi connectivity index (χ1n) is 8.29. The van der Waals surface area contributed by atoms with E-state index in [1.54, 1.807) is 0 Å². The Labute approximate surface area is 153 Å². The van der Waals surface area contributed by atoms with E-state index in [0.29, 0.717) is 6.07 Å². The lowest BCUT2D eigenvalue weighted by molar-refractivity contribution is -0.134. The zero-order valence-electron chi connectivity index (χ0n) is 14.2. The van der Waals surface area contributed by atoms with Gasteiger partial charge in [-0.15, -0.1) is 0 Å². The highest BCUT2D eigenvalue weighted by atomic mass is 19.2. The number of carbonyl (C=O) groups is 2. The van der Waals surface area contributed by atoms with Gasteiger partial charge in [0.2, 0.25) is 11.8 Å². The third-order valence-electron chi connectivity index (χ3n) is 4.25. The summed E-state index contributed by atoms with van der Waals surface area (Å²) in [5.41, 5.74) is 0.460. The number of rotatable bonds is 6. The molecule has 0 aromatic heterocycles. The molecule has 0 bridgehead atoms. The van der Waals surface area contributed by atoms with Crippen LogP contribution in [-0.2, 0) is 20.9 Å². The Morgan fingerprint density at radius 3 is 2.59 bits per heavy atom. The van der Waals surface area contributed by atoms with Crippen molar-refractivity contribution in [1.82, 2.24) is 10.6 Å². The van der Waals surface area contributed by atoms with Gasteiger partial charge in [0.05, 0.1) is 19.8 Å². The van der Waals surface area contributed by atoms with Crippen molar-refractivity contribution >= 4 is 11.8 Å². The van der Waals surface area contributed by atoms with Gasteiger partial charge in [-0.1, -0.05) is 30.3 Å². The number of halogens is 3. The van der Waals surface area contributed by atoms with Crippen LogP contribution in [0.25, 0.3) is 0 Å². The number of amides is 2. The highest BCUT2D eigenvalue weighted by Crippen LogP contribution is 2.27. The first kappa shape index (κ1) is 18.9. The molecule has 0 spiro atoms. The van der Waals surface area contributed by atoms with Crippen LogP contribution in [0.4, 0.5) is 13.2 Å². The molecule has 3 rings (SSSR count). The summed E-state index contributed by atoms with van der Waals surface area (Å²) in [4.78, 5) is 23.8. The smallest absolute Gasteiger partial charge is 0.243 e. The predicted octanol–water partition coefficient (Wildman–Crippen LogP) is 2.02. The van der Waals surface area contributed by atoms with Crippen LogP contribution in [0.5, 0.6) is 0 Å². The largest absolute Gasteiger partial charge is 0.376 e. The van der Waals surface area contributed by atoms with E-state index in [1.165, 1.54) is 0 Å². The minimum absolute atomic E-state index is 0.152. The van der Waals surface area contributed by atoms with E-state index < -0.39 is 41.2 Å². The Balaban J connectivity index is 1.87. The molecule has 27 heavy (non-hydrogen) atoms. The van der Waals surface area contributed by atoms with Gasteiger partial charge in [-0.2, -0.15) is 0 Å². The molecule has 8 heteroatoms. The molecule has 2 N–H and O–H groups in total. The van der Waals surface area contributed by atoms with Crippen LogP contribution in [0.15, 0.2) is 42.5 Å². The third kappa shape index (κ3) is 4.46. The first-order valence-corrected chi connectivity index (χ1v) is 8.29. The average molecular weight is 378 g/mol. The van der Waals surface area contributed by atoms with Crippen molar-refractivity contribution in [2.45, 2.75) is 18.6 Å². The zero-order valence-corrected chi connectivity index (χ0v) is 14.2. The summed E-state index contributed by atoms with van der Waals surface area (Å²) in [6.45, 7) is -0.293. The second kappa shape index (κ2) is 8.22. The fourth-order valence-electron chi connectivity index (χ4n) is 2.94. The second-order valence-electron chi connectivity index (χ2n) is 6.16. The highest BCUT2D eigenvalue weighted by molar-refractivity contribution is 5.95. The molecule has 1 heterocycles. The molecule has 0 saturated carbocycles. The topological polar surface area (TPSA) is 67.4 Å². The summed E-state index contributed by atoms with van der Waals surface area (Å²) >= 11 is 0. The van der Waals surface area contributed by atoms with E-state index in [-0.39, 0.29) is 25.3 Å². The second-order valence-corrected chi connectivity index (χ2v) is 6.16. The van der Waals surface area contributed by atoms with Crippen LogP contribution in [0.1, 0.15) is 17.0 Å². The van der Waals surface area contributed by atoms with Gasteiger partial charge in [0.25, 0.3) is 0 Å². The molecular formula is C19H17F3N2O3. The number of hydrogen-bond donors (Lipinski definition) is 2. The summed E-state index contributed by atoms with van der Waals surface area (Å²) in [5, 5.41) is 4.81. The molecule has 2 aromatic rings. The van der Waals surface area contributed by atoms with E-state index in [2.05, 4.69) is 10.6 Å². The van der Waals surface area contributed by atoms with Crippen LogP contribution < -0.4 is 10.6 Å². The molecule has 142 valence electrons. The van der Waals surface area contributed by atoms with Gasteiger partial charge >= 0.3 is 0 Å². The maximum Gasteiger partial charge on any atom is 0.243 e. The number of piperazine rings is 1. The number of nitrogens with one attached hydrogen (secondary N) is 2. The standard InChI is InChI=1S/C19H17F3N2O3/c20-12-6-13(17(22)15(21)7-12)14(18-19(26)23-8-16(25)24-18)10-27-9-11-4-2-1-3-5-11/h1-7,14,18H,8-10H2,(H,23,26)(H,24,25)/t14?,18-/m1/s1. The Morgan fingerprint density at radius 1 is 1.11 bits per heavy atom. The van der Waals surface area contributed by atoms with E-state index in [9.17, 15) is 22.8 Å². The molecule has 0 aliphatic carbocycles. The van der Waals surface area contributed by atoms with Crippen molar-refractivity contribution in [1.29, 1.82) is 0 Å². The van der Waals surface area contributed by atoms with Gasteiger partial charge < -0.3 is 15.4 Å². The van der Waals surface area contributed by atoms with Crippen molar-refractivity contribution in [3.8, 4) is 0 Å². The van der Waals surface area contributed by atoms with E-state index >= 15 is 0 Å².